The molecule has 22 heavy (non-hydrogen) atoms. The molecule has 2 aromatic heterocycles. The molecule has 0 amide bonds. The lowest BCUT2D eigenvalue weighted by Gasteiger charge is -2.24. The molecule has 3 rings (SSSR count). The van der Waals surface area contributed by atoms with E-state index < -0.39 is 0 Å². The van der Waals surface area contributed by atoms with Crippen LogP contribution in [0.25, 0.3) is 10.9 Å². The van der Waals surface area contributed by atoms with Gasteiger partial charge in [0.2, 0.25) is 0 Å². The molecule has 0 aliphatic carbocycles. The molecular weight excluding hydrogens is 296 g/mol. The molecule has 114 valence electrons. The summed E-state index contributed by atoms with van der Waals surface area (Å²) in [5, 5.41) is 1.81. The van der Waals surface area contributed by atoms with E-state index in [4.69, 9.17) is 11.6 Å². The smallest absolute Gasteiger partial charge is 0.129 e. The molecule has 1 aromatic carbocycles. The molecule has 2 heterocycles. The van der Waals surface area contributed by atoms with Gasteiger partial charge in [0, 0.05) is 25.2 Å². The van der Waals surface area contributed by atoms with Crippen molar-refractivity contribution in [1.82, 2.24) is 14.5 Å². The van der Waals surface area contributed by atoms with Crippen molar-refractivity contribution in [3.63, 3.8) is 0 Å². The van der Waals surface area contributed by atoms with Gasteiger partial charge < -0.3 is 9.47 Å². The van der Waals surface area contributed by atoms with Crippen LogP contribution in [0.2, 0.25) is 5.15 Å². The van der Waals surface area contributed by atoms with Crippen molar-refractivity contribution in [2.75, 3.05) is 11.9 Å². The number of nitrogens with zero attached hydrogens (tertiary/aromatic N) is 4. The van der Waals surface area contributed by atoms with Crippen molar-refractivity contribution in [2.45, 2.75) is 20.4 Å². The van der Waals surface area contributed by atoms with Crippen LogP contribution in [0.15, 0.2) is 30.5 Å². The Balaban J connectivity index is 2.08. The molecule has 4 nitrogen and oxygen atoms in total. The maximum absolute atomic E-state index is 6.08. The van der Waals surface area contributed by atoms with E-state index in [2.05, 4.69) is 47.9 Å². The first-order chi connectivity index (χ1) is 10.5. The van der Waals surface area contributed by atoms with Gasteiger partial charge >= 0.3 is 0 Å². The number of aromatic nitrogens is 3. The molecule has 0 N–H and O–H groups in total. The molecule has 0 spiro atoms. The summed E-state index contributed by atoms with van der Waals surface area (Å²) in [6, 6.07) is 8.24. The second kappa shape index (κ2) is 5.61. The Morgan fingerprint density at radius 3 is 2.64 bits per heavy atom. The Morgan fingerprint density at radius 2 is 1.95 bits per heavy atom. The van der Waals surface area contributed by atoms with Crippen molar-refractivity contribution in [2.24, 2.45) is 7.05 Å². The fourth-order valence-corrected chi connectivity index (χ4v) is 2.91. The number of hydrogen-bond acceptors (Lipinski definition) is 3. The highest BCUT2D eigenvalue weighted by molar-refractivity contribution is 6.29. The van der Waals surface area contributed by atoms with Crippen LogP contribution in [0.1, 0.15) is 17.1 Å². The highest BCUT2D eigenvalue weighted by Gasteiger charge is 2.15. The van der Waals surface area contributed by atoms with Crippen molar-refractivity contribution < 1.29 is 0 Å². The third kappa shape index (κ3) is 2.44. The summed E-state index contributed by atoms with van der Waals surface area (Å²) in [6.45, 7) is 4.86. The summed E-state index contributed by atoms with van der Waals surface area (Å²) in [5.74, 6) is 0.936. The minimum atomic E-state index is 0.649. The molecular formula is C17H19ClN4. The topological polar surface area (TPSA) is 34.0 Å². The number of benzene rings is 1. The molecule has 3 aromatic rings. The number of rotatable bonds is 3. The number of fused-ring (bicyclic) bond motifs is 1. The highest BCUT2D eigenvalue weighted by Crippen LogP contribution is 2.31. The van der Waals surface area contributed by atoms with Gasteiger partial charge in [0.25, 0.3) is 0 Å². The molecule has 0 saturated heterocycles. The van der Waals surface area contributed by atoms with Gasteiger partial charge in [-0.1, -0.05) is 29.8 Å². The molecule has 0 aliphatic rings. The van der Waals surface area contributed by atoms with Crippen LogP contribution in [0.3, 0.4) is 0 Å². The van der Waals surface area contributed by atoms with Gasteiger partial charge in [-0.05, 0) is 25.5 Å². The van der Waals surface area contributed by atoms with Crippen molar-refractivity contribution in [3.8, 4) is 0 Å². The zero-order valence-corrected chi connectivity index (χ0v) is 14.0. The number of pyridine rings is 1. The Kier molecular flexibility index (Phi) is 3.79. The van der Waals surface area contributed by atoms with Crippen molar-refractivity contribution >= 4 is 28.2 Å². The zero-order chi connectivity index (χ0) is 15.9. The molecule has 0 bridgehead atoms. The number of halogens is 1. The summed E-state index contributed by atoms with van der Waals surface area (Å²) >= 11 is 6.08. The van der Waals surface area contributed by atoms with Gasteiger partial charge in [0.05, 0.1) is 23.9 Å². The van der Waals surface area contributed by atoms with Crippen LogP contribution >= 0.6 is 11.6 Å². The third-order valence-electron chi connectivity index (χ3n) is 4.13. The van der Waals surface area contributed by atoms with Crippen LogP contribution in [-0.4, -0.2) is 21.6 Å². The van der Waals surface area contributed by atoms with E-state index in [1.54, 1.807) is 6.20 Å². The second-order valence-electron chi connectivity index (χ2n) is 5.60. The van der Waals surface area contributed by atoms with E-state index in [9.17, 15) is 0 Å². The number of imidazole rings is 1. The summed E-state index contributed by atoms with van der Waals surface area (Å²) in [5.41, 5.74) is 4.47. The van der Waals surface area contributed by atoms with E-state index in [1.807, 2.05) is 23.7 Å². The third-order valence-corrected chi connectivity index (χ3v) is 4.48. The minimum Gasteiger partial charge on any atom is -0.366 e. The zero-order valence-electron chi connectivity index (χ0n) is 13.3. The Bertz CT molecular complexity index is 838. The van der Waals surface area contributed by atoms with Gasteiger partial charge in [0.15, 0.2) is 0 Å². The number of hydrogen-bond donors (Lipinski definition) is 0. The molecule has 0 saturated carbocycles. The molecule has 0 aliphatic heterocycles. The van der Waals surface area contributed by atoms with Crippen LogP contribution in [0, 0.1) is 13.8 Å². The Hall–Kier alpha value is -2.07. The quantitative estimate of drug-likeness (QED) is 0.736. The SMILES string of the molecule is Cc1nc2ccccc2c(N(C)Cc2ncc(Cl)n2C)c1C. The van der Waals surface area contributed by atoms with E-state index >= 15 is 0 Å². The highest BCUT2D eigenvalue weighted by atomic mass is 35.5. The fraction of sp³-hybridized carbons (Fsp3) is 0.294. The molecule has 0 fully saturated rings. The first-order valence-electron chi connectivity index (χ1n) is 7.22. The lowest BCUT2D eigenvalue weighted by atomic mass is 10.1. The van der Waals surface area contributed by atoms with Crippen LogP contribution in [0.4, 0.5) is 5.69 Å². The van der Waals surface area contributed by atoms with Crippen LogP contribution < -0.4 is 4.90 Å². The average molecular weight is 315 g/mol. The lowest BCUT2D eigenvalue weighted by Crippen LogP contribution is -2.21. The molecule has 5 heteroatoms. The number of aryl methyl sites for hydroxylation is 1. The minimum absolute atomic E-state index is 0.649. The Labute approximate surface area is 135 Å². The first-order valence-corrected chi connectivity index (χ1v) is 7.60. The first kappa shape index (κ1) is 14.9. The predicted molar refractivity (Wildman–Crippen MR) is 91.5 cm³/mol. The number of anilines is 1. The van der Waals surface area contributed by atoms with Crippen molar-refractivity contribution in [3.05, 3.63) is 52.7 Å². The van der Waals surface area contributed by atoms with E-state index in [0.717, 1.165) is 22.4 Å². The second-order valence-corrected chi connectivity index (χ2v) is 5.99. The van der Waals surface area contributed by atoms with Gasteiger partial charge in [0.1, 0.15) is 11.0 Å². The van der Waals surface area contributed by atoms with E-state index in [-0.39, 0.29) is 0 Å². The summed E-state index contributed by atoms with van der Waals surface area (Å²) in [4.78, 5) is 11.3. The standard InChI is InChI=1S/C17H19ClN4/c1-11-12(2)20-14-8-6-5-7-13(14)17(11)21(3)10-16-19-9-15(18)22(16)4/h5-9H,10H2,1-4H3. The predicted octanol–water partition coefficient (Wildman–Crippen LogP) is 3.87. The molecule has 0 unspecified atom stereocenters. The van der Waals surface area contributed by atoms with Crippen LogP contribution in [0.5, 0.6) is 0 Å². The largest absolute Gasteiger partial charge is 0.366 e. The fourth-order valence-electron chi connectivity index (χ4n) is 2.76. The van der Waals surface area contributed by atoms with Gasteiger partial charge in [-0.15, -0.1) is 0 Å². The normalized spacial score (nSPS) is 11.1. The molecule has 0 radical (unpaired) electrons. The summed E-state index contributed by atoms with van der Waals surface area (Å²) in [6.07, 6.45) is 1.69. The maximum Gasteiger partial charge on any atom is 0.129 e. The van der Waals surface area contributed by atoms with Gasteiger partial charge in [-0.2, -0.15) is 0 Å². The van der Waals surface area contributed by atoms with Crippen LogP contribution in [-0.2, 0) is 13.6 Å². The Morgan fingerprint density at radius 1 is 1.23 bits per heavy atom. The maximum atomic E-state index is 6.08. The van der Waals surface area contributed by atoms with Gasteiger partial charge in [-0.3, -0.25) is 4.98 Å². The van der Waals surface area contributed by atoms with Crippen molar-refractivity contribution in [1.29, 1.82) is 0 Å². The number of para-hydroxylation sites is 1. The van der Waals surface area contributed by atoms with E-state index in [1.165, 1.54) is 11.3 Å². The molecule has 0 atom stereocenters. The van der Waals surface area contributed by atoms with E-state index in [0.29, 0.717) is 11.7 Å². The lowest BCUT2D eigenvalue weighted by molar-refractivity contribution is 0.761. The summed E-state index contributed by atoms with van der Waals surface area (Å²) < 4.78 is 1.91. The monoisotopic (exact) mass is 314 g/mol. The summed E-state index contributed by atoms with van der Waals surface area (Å²) in [7, 11) is 4.01. The average Bonchev–Trinajstić information content (AvgIpc) is 2.80. The van der Waals surface area contributed by atoms with Gasteiger partial charge in [-0.25, -0.2) is 4.98 Å².